The lowest BCUT2D eigenvalue weighted by molar-refractivity contribution is -0.122. The van der Waals surface area contributed by atoms with E-state index < -0.39 is 0 Å². The third-order valence-corrected chi connectivity index (χ3v) is 10.3. The Labute approximate surface area is 167 Å². The van der Waals surface area contributed by atoms with Gasteiger partial charge in [0.1, 0.15) is 6.33 Å². The molecule has 3 aliphatic rings. The van der Waals surface area contributed by atoms with E-state index in [4.69, 9.17) is 0 Å². The van der Waals surface area contributed by atoms with Gasteiger partial charge in [-0.3, -0.25) is 4.79 Å². The average Bonchev–Trinajstić information content (AvgIpc) is 3.35. The van der Waals surface area contributed by atoms with E-state index in [1.54, 1.807) is 11.0 Å². The summed E-state index contributed by atoms with van der Waals surface area (Å²) in [4.78, 5) is 13.0. The van der Waals surface area contributed by atoms with Crippen molar-refractivity contribution in [2.45, 2.75) is 36.2 Å². The summed E-state index contributed by atoms with van der Waals surface area (Å²) in [6.07, 6.45) is 7.58. The molecule has 6 nitrogen and oxygen atoms in total. The first-order valence-electron chi connectivity index (χ1n) is 9.67. The number of nitrogens with zero attached hydrogens (tertiary/aromatic N) is 4. The van der Waals surface area contributed by atoms with Crippen LogP contribution in [0.1, 0.15) is 32.1 Å². The number of rotatable bonds is 3. The monoisotopic (exact) mass is 401 g/mol. The highest BCUT2D eigenvalue weighted by molar-refractivity contribution is 8.21. The van der Waals surface area contributed by atoms with Gasteiger partial charge >= 0.3 is 0 Å². The van der Waals surface area contributed by atoms with Crippen molar-refractivity contribution in [3.63, 3.8) is 0 Å². The third-order valence-electron chi connectivity index (χ3n) is 6.24. The quantitative estimate of drug-likeness (QED) is 0.847. The predicted octanol–water partition coefficient (Wildman–Crippen LogP) is 3.60. The van der Waals surface area contributed by atoms with Crippen LogP contribution in [0.15, 0.2) is 30.6 Å². The predicted molar refractivity (Wildman–Crippen MR) is 109 cm³/mol. The average molecular weight is 402 g/mol. The molecule has 1 spiro atoms. The zero-order valence-electron chi connectivity index (χ0n) is 15.1. The zero-order valence-corrected chi connectivity index (χ0v) is 16.7. The summed E-state index contributed by atoms with van der Waals surface area (Å²) >= 11 is 4.38. The molecule has 1 amide bonds. The minimum atomic E-state index is 0.145. The van der Waals surface area contributed by atoms with Crippen molar-refractivity contribution >= 4 is 35.1 Å². The van der Waals surface area contributed by atoms with Crippen LogP contribution >= 0.6 is 23.5 Å². The Kier molecular flexibility index (Phi) is 4.63. The smallest absolute Gasteiger partial charge is 0.227 e. The molecule has 3 fully saturated rings. The largest absolute Gasteiger partial charge is 0.326 e. The lowest BCUT2D eigenvalue weighted by Gasteiger charge is -2.52. The molecular formula is C19H23N5OS2. The molecule has 0 radical (unpaired) electrons. The number of carbonyl (C=O) groups excluding carboxylic acids is 1. The molecule has 1 aromatic carbocycles. The molecule has 1 aromatic heterocycles. The Hall–Kier alpha value is -1.54. The Morgan fingerprint density at radius 2 is 1.81 bits per heavy atom. The van der Waals surface area contributed by atoms with Gasteiger partial charge in [-0.05, 0) is 72.2 Å². The van der Waals surface area contributed by atoms with Crippen LogP contribution in [-0.4, -0.2) is 41.7 Å². The normalized spacial score (nSPS) is 29.0. The lowest BCUT2D eigenvalue weighted by Crippen LogP contribution is -2.48. The molecule has 1 saturated heterocycles. The molecule has 1 N–H and O–H groups in total. The number of hydrogen-bond acceptors (Lipinski definition) is 6. The second kappa shape index (κ2) is 7.13. The first kappa shape index (κ1) is 17.6. The number of nitrogens with one attached hydrogen (secondary N) is 1. The Balaban J connectivity index is 1.27. The molecule has 142 valence electrons. The number of benzene rings is 1. The first-order chi connectivity index (χ1) is 13.2. The summed E-state index contributed by atoms with van der Waals surface area (Å²) in [7, 11) is 0. The van der Waals surface area contributed by atoms with E-state index in [9.17, 15) is 4.79 Å². The van der Waals surface area contributed by atoms with Crippen molar-refractivity contribution in [2.75, 3.05) is 16.8 Å². The van der Waals surface area contributed by atoms with Crippen LogP contribution in [0.3, 0.4) is 0 Å². The lowest BCUT2D eigenvalue weighted by atomic mass is 9.67. The number of carbonyl (C=O) groups is 1. The second-order valence-corrected chi connectivity index (χ2v) is 10.7. The van der Waals surface area contributed by atoms with E-state index in [-0.39, 0.29) is 11.8 Å². The molecule has 2 saturated carbocycles. The van der Waals surface area contributed by atoms with Gasteiger partial charge in [-0.1, -0.05) is 6.42 Å². The standard InChI is InChI=1S/C19H23N5OS2/c25-18(21-16-4-6-17(7-5-16)24-12-20-22-23-24)13-10-14-2-1-3-15(11-13)19(14)26-8-9-27-19/h4-7,12-15H,1-3,8-11H2,(H,21,25). The van der Waals surface area contributed by atoms with Gasteiger partial charge in [0.25, 0.3) is 0 Å². The zero-order chi connectivity index (χ0) is 18.3. The number of amides is 1. The van der Waals surface area contributed by atoms with Gasteiger partial charge in [-0.15, -0.1) is 28.6 Å². The van der Waals surface area contributed by atoms with Crippen LogP contribution in [0.25, 0.3) is 5.69 Å². The molecule has 1 aliphatic heterocycles. The van der Waals surface area contributed by atoms with E-state index in [1.165, 1.54) is 30.8 Å². The number of aromatic nitrogens is 4. The summed E-state index contributed by atoms with van der Waals surface area (Å²) in [5, 5.41) is 14.3. The molecule has 2 aromatic rings. The minimum absolute atomic E-state index is 0.145. The number of anilines is 1. The molecule has 5 rings (SSSR count). The van der Waals surface area contributed by atoms with Crippen molar-refractivity contribution in [2.24, 2.45) is 17.8 Å². The highest BCUT2D eigenvalue weighted by Gasteiger charge is 2.55. The highest BCUT2D eigenvalue weighted by Crippen LogP contribution is 2.64. The molecule has 2 bridgehead atoms. The van der Waals surface area contributed by atoms with Crippen molar-refractivity contribution in [3.8, 4) is 5.69 Å². The fourth-order valence-electron chi connectivity index (χ4n) is 5.04. The number of thioether (sulfide) groups is 2. The maximum Gasteiger partial charge on any atom is 0.227 e. The van der Waals surface area contributed by atoms with E-state index in [0.29, 0.717) is 15.9 Å². The van der Waals surface area contributed by atoms with Gasteiger partial charge in [-0.25, -0.2) is 4.68 Å². The fourth-order valence-corrected chi connectivity index (χ4v) is 8.98. The minimum Gasteiger partial charge on any atom is -0.326 e. The maximum absolute atomic E-state index is 13.0. The summed E-state index contributed by atoms with van der Waals surface area (Å²) in [6, 6.07) is 7.68. The summed E-state index contributed by atoms with van der Waals surface area (Å²) in [5.41, 5.74) is 1.72. The fraction of sp³-hybridized carbons (Fsp3) is 0.579. The number of tetrazole rings is 1. The molecule has 2 unspecified atom stereocenters. The van der Waals surface area contributed by atoms with E-state index in [2.05, 4.69) is 44.4 Å². The van der Waals surface area contributed by atoms with Crippen LogP contribution in [0.4, 0.5) is 5.69 Å². The summed E-state index contributed by atoms with van der Waals surface area (Å²) in [5.74, 6) is 4.28. The highest BCUT2D eigenvalue weighted by atomic mass is 32.2. The van der Waals surface area contributed by atoms with E-state index >= 15 is 0 Å². The van der Waals surface area contributed by atoms with Crippen molar-refractivity contribution in [1.82, 2.24) is 20.2 Å². The van der Waals surface area contributed by atoms with Gasteiger partial charge in [0.15, 0.2) is 0 Å². The summed E-state index contributed by atoms with van der Waals surface area (Å²) < 4.78 is 2.02. The van der Waals surface area contributed by atoms with Crippen molar-refractivity contribution in [3.05, 3.63) is 30.6 Å². The van der Waals surface area contributed by atoms with E-state index in [1.807, 2.05) is 24.3 Å². The van der Waals surface area contributed by atoms with Crippen molar-refractivity contribution < 1.29 is 4.79 Å². The van der Waals surface area contributed by atoms with E-state index in [0.717, 1.165) is 24.2 Å². The van der Waals surface area contributed by atoms with Crippen LogP contribution in [0, 0.1) is 17.8 Å². The second-order valence-electron chi connectivity index (χ2n) is 7.70. The van der Waals surface area contributed by atoms with Crippen molar-refractivity contribution in [1.29, 1.82) is 0 Å². The van der Waals surface area contributed by atoms with Crippen LogP contribution in [-0.2, 0) is 4.79 Å². The van der Waals surface area contributed by atoms with Gasteiger partial charge in [0.2, 0.25) is 5.91 Å². The topological polar surface area (TPSA) is 72.7 Å². The van der Waals surface area contributed by atoms with Gasteiger partial charge in [0.05, 0.1) is 9.77 Å². The molecule has 2 heterocycles. The van der Waals surface area contributed by atoms with Crippen LogP contribution in [0.2, 0.25) is 0 Å². The third kappa shape index (κ3) is 3.16. The number of hydrogen-bond donors (Lipinski definition) is 1. The Morgan fingerprint density at radius 1 is 1.11 bits per heavy atom. The van der Waals surface area contributed by atoms with Gasteiger partial charge in [0, 0.05) is 23.1 Å². The molecule has 27 heavy (non-hydrogen) atoms. The molecule has 8 heteroatoms. The van der Waals surface area contributed by atoms with Gasteiger partial charge in [-0.2, -0.15) is 0 Å². The summed E-state index contributed by atoms with van der Waals surface area (Å²) in [6.45, 7) is 0. The Morgan fingerprint density at radius 3 is 2.44 bits per heavy atom. The van der Waals surface area contributed by atoms with Gasteiger partial charge < -0.3 is 5.32 Å². The molecular weight excluding hydrogens is 378 g/mol. The van der Waals surface area contributed by atoms with Crippen LogP contribution < -0.4 is 5.32 Å². The van der Waals surface area contributed by atoms with Crippen LogP contribution in [0.5, 0.6) is 0 Å². The molecule has 2 atom stereocenters. The first-order valence-corrected chi connectivity index (χ1v) is 11.6. The molecule has 2 aliphatic carbocycles. The Bertz CT molecular complexity index is 788. The SMILES string of the molecule is O=C(Nc1ccc(-n2cnnn2)cc1)C1CC2CCCC(C1)C21SCCS1. The maximum atomic E-state index is 13.0.